The topological polar surface area (TPSA) is 26.0 Å². The third-order valence-electron chi connectivity index (χ3n) is 3.99. The Morgan fingerprint density at radius 3 is 2.79 bits per heavy atom. The molecule has 1 fully saturated rings. The zero-order valence-electron chi connectivity index (χ0n) is 8.09. The van der Waals surface area contributed by atoms with Crippen LogP contribution in [0.5, 0.6) is 0 Å². The van der Waals surface area contributed by atoms with Crippen LogP contribution in [0.2, 0.25) is 0 Å². The molecule has 2 aliphatic rings. The third kappa shape index (κ3) is 0.934. The van der Waals surface area contributed by atoms with Crippen LogP contribution in [0.4, 0.5) is 0 Å². The number of benzene rings is 1. The van der Waals surface area contributed by atoms with E-state index in [9.17, 15) is 0 Å². The van der Waals surface area contributed by atoms with E-state index in [-0.39, 0.29) is 0 Å². The highest BCUT2D eigenvalue weighted by atomic mass is 79.9. The summed E-state index contributed by atoms with van der Waals surface area (Å²) in [4.78, 5) is 0. The molecule has 1 atom stereocenters. The Balaban J connectivity index is 2.20. The summed E-state index contributed by atoms with van der Waals surface area (Å²) in [6.07, 6.45) is 4.97. The maximum Gasteiger partial charge on any atom is 0.0216 e. The van der Waals surface area contributed by atoms with Crippen LogP contribution < -0.4 is 5.73 Å². The second-order valence-electron chi connectivity index (χ2n) is 4.59. The molecule has 0 radical (unpaired) electrons. The molecule has 2 N–H and O–H groups in total. The fraction of sp³-hybridized carbons (Fsp3) is 0.500. The Hall–Kier alpha value is -0.340. The fourth-order valence-electron chi connectivity index (χ4n) is 3.09. The molecule has 14 heavy (non-hydrogen) atoms. The number of hydrogen-bond acceptors (Lipinski definition) is 1. The molecular weight excluding hydrogens is 238 g/mol. The predicted octanol–water partition coefficient (Wildman–Crippen LogP) is 2.75. The van der Waals surface area contributed by atoms with Gasteiger partial charge in [0, 0.05) is 15.9 Å². The Morgan fingerprint density at radius 2 is 2.14 bits per heavy atom. The number of fused-ring (bicyclic) bond motifs is 2. The van der Waals surface area contributed by atoms with Crippen molar-refractivity contribution < 1.29 is 0 Å². The minimum absolute atomic E-state index is 0.329. The van der Waals surface area contributed by atoms with Gasteiger partial charge in [-0.3, -0.25) is 0 Å². The van der Waals surface area contributed by atoms with E-state index >= 15 is 0 Å². The fourth-order valence-corrected chi connectivity index (χ4v) is 3.89. The zero-order chi connectivity index (χ0) is 9.76. The first kappa shape index (κ1) is 8.93. The van der Waals surface area contributed by atoms with Gasteiger partial charge < -0.3 is 5.73 Å². The van der Waals surface area contributed by atoms with E-state index in [0.29, 0.717) is 11.5 Å². The van der Waals surface area contributed by atoms with E-state index in [2.05, 4.69) is 34.1 Å². The first-order valence-electron chi connectivity index (χ1n) is 5.27. The summed E-state index contributed by atoms with van der Waals surface area (Å²) in [5.41, 5.74) is 9.58. The lowest BCUT2D eigenvalue weighted by atomic mass is 9.63. The second kappa shape index (κ2) is 2.83. The van der Waals surface area contributed by atoms with Gasteiger partial charge in [-0.05, 0) is 36.5 Å². The van der Waals surface area contributed by atoms with Gasteiger partial charge in [-0.1, -0.05) is 34.5 Å². The minimum atomic E-state index is 0.329. The summed E-state index contributed by atoms with van der Waals surface area (Å²) < 4.78 is 1.27. The average Bonchev–Trinajstić information content (AvgIpc) is 2.37. The van der Waals surface area contributed by atoms with Gasteiger partial charge in [0.15, 0.2) is 0 Å². The van der Waals surface area contributed by atoms with Crippen molar-refractivity contribution in [2.24, 2.45) is 5.73 Å². The highest BCUT2D eigenvalue weighted by molar-refractivity contribution is 9.10. The largest absolute Gasteiger partial charge is 0.327 e. The van der Waals surface area contributed by atoms with Gasteiger partial charge in [0.2, 0.25) is 0 Å². The molecule has 1 unspecified atom stereocenters. The molecule has 0 bridgehead atoms. The van der Waals surface area contributed by atoms with Crippen molar-refractivity contribution in [2.45, 2.75) is 37.1 Å². The molecule has 1 saturated carbocycles. The first-order chi connectivity index (χ1) is 6.74. The normalized spacial score (nSPS) is 27.4. The van der Waals surface area contributed by atoms with Crippen LogP contribution in [0, 0.1) is 0 Å². The summed E-state index contributed by atoms with van der Waals surface area (Å²) in [6.45, 7) is 0. The lowest BCUT2D eigenvalue weighted by Gasteiger charge is -2.43. The Labute approximate surface area is 92.8 Å². The van der Waals surface area contributed by atoms with Crippen molar-refractivity contribution in [3.05, 3.63) is 33.8 Å². The summed E-state index contributed by atoms with van der Waals surface area (Å²) in [7, 11) is 0. The maximum atomic E-state index is 6.27. The number of hydrogen-bond donors (Lipinski definition) is 1. The molecule has 0 heterocycles. The average molecular weight is 252 g/mol. The van der Waals surface area contributed by atoms with Crippen LogP contribution in [-0.4, -0.2) is 6.04 Å². The molecule has 2 aliphatic carbocycles. The molecule has 1 spiro atoms. The second-order valence-corrected chi connectivity index (χ2v) is 5.45. The van der Waals surface area contributed by atoms with E-state index in [1.807, 2.05) is 0 Å². The van der Waals surface area contributed by atoms with Crippen molar-refractivity contribution >= 4 is 15.9 Å². The quantitative estimate of drug-likeness (QED) is 0.754. The van der Waals surface area contributed by atoms with Crippen LogP contribution >= 0.6 is 15.9 Å². The molecule has 0 amide bonds. The molecule has 3 rings (SSSR count). The van der Waals surface area contributed by atoms with E-state index in [4.69, 9.17) is 5.73 Å². The standard InChI is InChI=1S/C12H14BrN/c13-9-4-1-3-8-7-10(14)12(11(8)9)5-2-6-12/h1,3-4,10H,2,5-7,14H2. The molecule has 1 aromatic rings. The predicted molar refractivity (Wildman–Crippen MR) is 61.4 cm³/mol. The van der Waals surface area contributed by atoms with Gasteiger partial charge in [0.25, 0.3) is 0 Å². The van der Waals surface area contributed by atoms with Crippen LogP contribution in [0.1, 0.15) is 30.4 Å². The first-order valence-corrected chi connectivity index (χ1v) is 6.07. The van der Waals surface area contributed by atoms with E-state index in [1.165, 1.54) is 34.9 Å². The van der Waals surface area contributed by atoms with E-state index < -0.39 is 0 Å². The molecule has 0 saturated heterocycles. The van der Waals surface area contributed by atoms with Gasteiger partial charge in [0.05, 0.1) is 0 Å². The van der Waals surface area contributed by atoms with Crippen molar-refractivity contribution in [1.82, 2.24) is 0 Å². The van der Waals surface area contributed by atoms with Crippen molar-refractivity contribution in [3.8, 4) is 0 Å². The van der Waals surface area contributed by atoms with Gasteiger partial charge in [0.1, 0.15) is 0 Å². The number of rotatable bonds is 0. The van der Waals surface area contributed by atoms with Crippen LogP contribution in [0.25, 0.3) is 0 Å². The highest BCUT2D eigenvalue weighted by Gasteiger charge is 2.49. The summed E-state index contributed by atoms with van der Waals surface area (Å²) in [6, 6.07) is 6.85. The SMILES string of the molecule is NC1Cc2cccc(Br)c2C12CCC2. The molecular formula is C12H14BrN. The zero-order valence-corrected chi connectivity index (χ0v) is 9.68. The lowest BCUT2D eigenvalue weighted by molar-refractivity contribution is 0.212. The van der Waals surface area contributed by atoms with E-state index in [0.717, 1.165) is 6.42 Å². The van der Waals surface area contributed by atoms with E-state index in [1.54, 1.807) is 0 Å². The molecule has 2 heteroatoms. The maximum absolute atomic E-state index is 6.27. The summed E-state index contributed by atoms with van der Waals surface area (Å²) in [5.74, 6) is 0. The molecule has 1 aromatic carbocycles. The van der Waals surface area contributed by atoms with Crippen molar-refractivity contribution in [3.63, 3.8) is 0 Å². The van der Waals surface area contributed by atoms with Gasteiger partial charge in [-0.25, -0.2) is 0 Å². The smallest absolute Gasteiger partial charge is 0.0216 e. The van der Waals surface area contributed by atoms with Crippen molar-refractivity contribution in [2.75, 3.05) is 0 Å². The molecule has 0 aromatic heterocycles. The monoisotopic (exact) mass is 251 g/mol. The Bertz CT molecular complexity index is 382. The number of nitrogens with two attached hydrogens (primary N) is 1. The third-order valence-corrected chi connectivity index (χ3v) is 4.65. The molecule has 74 valence electrons. The molecule has 1 nitrogen and oxygen atoms in total. The lowest BCUT2D eigenvalue weighted by Crippen LogP contribution is -2.47. The Morgan fingerprint density at radius 1 is 1.36 bits per heavy atom. The van der Waals surface area contributed by atoms with Crippen molar-refractivity contribution in [1.29, 1.82) is 0 Å². The minimum Gasteiger partial charge on any atom is -0.327 e. The van der Waals surface area contributed by atoms with Crippen LogP contribution in [-0.2, 0) is 11.8 Å². The Kier molecular flexibility index (Phi) is 1.80. The molecule has 0 aliphatic heterocycles. The highest BCUT2D eigenvalue weighted by Crippen LogP contribution is 2.53. The van der Waals surface area contributed by atoms with Gasteiger partial charge in [-0.15, -0.1) is 0 Å². The van der Waals surface area contributed by atoms with Gasteiger partial charge in [-0.2, -0.15) is 0 Å². The summed E-state index contributed by atoms with van der Waals surface area (Å²) in [5, 5.41) is 0. The van der Waals surface area contributed by atoms with Gasteiger partial charge >= 0.3 is 0 Å². The van der Waals surface area contributed by atoms with Crippen LogP contribution in [0.15, 0.2) is 22.7 Å². The van der Waals surface area contributed by atoms with Crippen LogP contribution in [0.3, 0.4) is 0 Å². The number of halogens is 1. The summed E-state index contributed by atoms with van der Waals surface area (Å²) >= 11 is 3.67.